The molecular formula is C20H26N6O2S. The third kappa shape index (κ3) is 4.42. The topological polar surface area (TPSA) is 118 Å². The zero-order chi connectivity index (χ0) is 20.2. The van der Waals surface area contributed by atoms with Crippen LogP contribution >= 0.6 is 11.3 Å². The first-order chi connectivity index (χ1) is 14.2. The van der Waals surface area contributed by atoms with Crippen LogP contribution < -0.4 is 16.4 Å². The van der Waals surface area contributed by atoms with Crippen molar-refractivity contribution in [2.24, 2.45) is 5.92 Å². The van der Waals surface area contributed by atoms with E-state index in [1.54, 1.807) is 18.4 Å². The number of thiazole rings is 1. The van der Waals surface area contributed by atoms with Gasteiger partial charge in [-0.15, -0.1) is 11.3 Å². The molecule has 8 nitrogen and oxygen atoms in total. The summed E-state index contributed by atoms with van der Waals surface area (Å²) in [6.07, 6.45) is 2.90. The fourth-order valence-electron chi connectivity index (χ4n) is 3.68. The second-order valence-electron chi connectivity index (χ2n) is 7.27. The number of nitrogens with two attached hydrogens (primary N) is 1. The lowest BCUT2D eigenvalue weighted by Crippen LogP contribution is -2.20. The Morgan fingerprint density at radius 2 is 2.10 bits per heavy atom. The van der Waals surface area contributed by atoms with Crippen molar-refractivity contribution in [2.45, 2.75) is 25.3 Å². The molecule has 1 saturated carbocycles. The van der Waals surface area contributed by atoms with E-state index in [-0.39, 0.29) is 12.6 Å². The third-order valence-corrected chi connectivity index (χ3v) is 6.23. The van der Waals surface area contributed by atoms with E-state index in [0.29, 0.717) is 36.7 Å². The van der Waals surface area contributed by atoms with Gasteiger partial charge in [-0.25, -0.2) is 4.98 Å². The number of nitrogen functional groups attached to an aromatic ring is 1. The molecule has 0 saturated heterocycles. The summed E-state index contributed by atoms with van der Waals surface area (Å²) in [5, 5.41) is 17.0. The van der Waals surface area contributed by atoms with Gasteiger partial charge in [-0.05, 0) is 37.3 Å². The van der Waals surface area contributed by atoms with Crippen molar-refractivity contribution in [3.8, 4) is 10.6 Å². The minimum Gasteiger partial charge on any atom is -0.396 e. The number of hydrogen-bond acceptors (Lipinski definition) is 9. The quantitative estimate of drug-likeness (QED) is 0.416. The first-order valence-corrected chi connectivity index (χ1v) is 10.6. The molecule has 0 amide bonds. The summed E-state index contributed by atoms with van der Waals surface area (Å²) in [7, 11) is 1.65. The van der Waals surface area contributed by atoms with Gasteiger partial charge in [-0.2, -0.15) is 9.97 Å². The SMILES string of the molecule is COCCNc1nc(N)c(-c2nc3ccccc3s2)c(NC2CCC(CO)C2)n1. The molecule has 1 fully saturated rings. The highest BCUT2D eigenvalue weighted by Gasteiger charge is 2.27. The van der Waals surface area contributed by atoms with Crippen LogP contribution in [0.3, 0.4) is 0 Å². The molecule has 0 radical (unpaired) electrons. The maximum atomic E-state index is 9.47. The van der Waals surface area contributed by atoms with Crippen molar-refractivity contribution in [1.29, 1.82) is 0 Å². The highest BCUT2D eigenvalue weighted by molar-refractivity contribution is 7.21. The smallest absolute Gasteiger partial charge is 0.226 e. The molecule has 154 valence electrons. The van der Waals surface area contributed by atoms with Gasteiger partial charge >= 0.3 is 0 Å². The van der Waals surface area contributed by atoms with Gasteiger partial charge in [0.25, 0.3) is 0 Å². The third-order valence-electron chi connectivity index (χ3n) is 5.17. The van der Waals surface area contributed by atoms with Crippen molar-refractivity contribution >= 4 is 39.1 Å². The predicted octanol–water partition coefficient (Wildman–Crippen LogP) is 2.97. The Labute approximate surface area is 173 Å². The number of benzene rings is 1. The number of methoxy groups -OCH3 is 1. The van der Waals surface area contributed by atoms with Gasteiger partial charge in [0, 0.05) is 26.3 Å². The lowest BCUT2D eigenvalue weighted by molar-refractivity contribution is 0.210. The first kappa shape index (κ1) is 19.8. The van der Waals surface area contributed by atoms with Crippen molar-refractivity contribution in [1.82, 2.24) is 15.0 Å². The highest BCUT2D eigenvalue weighted by Crippen LogP contribution is 2.39. The number of hydrogen-bond donors (Lipinski definition) is 4. The van der Waals surface area contributed by atoms with Gasteiger partial charge in [0.05, 0.1) is 22.4 Å². The standard InChI is InChI=1S/C20H26N6O2S/c1-28-9-8-22-20-25-17(21)16(19-24-14-4-2-3-5-15(14)29-19)18(26-20)23-13-7-6-12(10-13)11-27/h2-5,12-13,27H,6-11H2,1H3,(H4,21,22,23,25,26). The number of ether oxygens (including phenoxy) is 1. The average Bonchev–Trinajstić information content (AvgIpc) is 3.34. The number of aliphatic hydroxyl groups excluding tert-OH is 1. The largest absolute Gasteiger partial charge is 0.396 e. The number of nitrogens with zero attached hydrogens (tertiary/aromatic N) is 3. The summed E-state index contributed by atoms with van der Waals surface area (Å²) in [5.41, 5.74) is 8.04. The van der Waals surface area contributed by atoms with Crippen LogP contribution in [0.5, 0.6) is 0 Å². The van der Waals surface area contributed by atoms with Gasteiger partial charge in [-0.3, -0.25) is 0 Å². The second-order valence-corrected chi connectivity index (χ2v) is 8.30. The molecule has 2 aromatic heterocycles. The van der Waals surface area contributed by atoms with Crippen molar-refractivity contribution in [3.63, 3.8) is 0 Å². The van der Waals surface area contributed by atoms with Crippen LogP contribution in [-0.4, -0.2) is 53.0 Å². The van der Waals surface area contributed by atoms with Crippen molar-refractivity contribution in [3.05, 3.63) is 24.3 Å². The summed E-state index contributed by atoms with van der Waals surface area (Å²) >= 11 is 1.58. The minimum absolute atomic E-state index is 0.221. The molecule has 1 aromatic carbocycles. The number of para-hydroxylation sites is 1. The first-order valence-electron chi connectivity index (χ1n) is 9.81. The Morgan fingerprint density at radius 1 is 1.24 bits per heavy atom. The zero-order valence-corrected chi connectivity index (χ0v) is 17.2. The predicted molar refractivity (Wildman–Crippen MR) is 117 cm³/mol. The Morgan fingerprint density at radius 3 is 2.86 bits per heavy atom. The summed E-state index contributed by atoms with van der Waals surface area (Å²) in [5.74, 6) is 1.86. The number of anilines is 3. The minimum atomic E-state index is 0.221. The van der Waals surface area contributed by atoms with E-state index in [1.807, 2.05) is 24.3 Å². The Bertz CT molecular complexity index is 946. The molecule has 0 aliphatic heterocycles. The fourth-order valence-corrected chi connectivity index (χ4v) is 4.70. The summed E-state index contributed by atoms with van der Waals surface area (Å²) < 4.78 is 6.18. The number of nitrogens with one attached hydrogen (secondary N) is 2. The van der Waals surface area contributed by atoms with E-state index in [0.717, 1.165) is 40.1 Å². The Balaban J connectivity index is 1.69. The van der Waals surface area contributed by atoms with Crippen LogP contribution in [0.2, 0.25) is 0 Å². The lowest BCUT2D eigenvalue weighted by atomic mass is 10.1. The van der Waals surface area contributed by atoms with Crippen LogP contribution in [0.15, 0.2) is 24.3 Å². The van der Waals surface area contributed by atoms with Gasteiger partial charge in [0.2, 0.25) is 5.95 Å². The Hall–Kier alpha value is -2.49. The fraction of sp³-hybridized carbons (Fsp3) is 0.450. The molecule has 4 rings (SSSR count). The Kier molecular flexibility index (Phi) is 6.08. The van der Waals surface area contributed by atoms with E-state index >= 15 is 0 Å². The number of aromatic nitrogens is 3. The lowest BCUT2D eigenvalue weighted by Gasteiger charge is -2.18. The molecule has 1 aliphatic carbocycles. The van der Waals surface area contributed by atoms with E-state index in [4.69, 9.17) is 20.4 Å². The van der Waals surface area contributed by atoms with Crippen LogP contribution in [0.1, 0.15) is 19.3 Å². The molecule has 0 spiro atoms. The molecule has 2 unspecified atom stereocenters. The molecule has 2 atom stereocenters. The van der Waals surface area contributed by atoms with Crippen molar-refractivity contribution in [2.75, 3.05) is 43.2 Å². The summed E-state index contributed by atoms with van der Waals surface area (Å²) in [6.45, 7) is 1.36. The normalized spacial score (nSPS) is 19.0. The number of fused-ring (bicyclic) bond motifs is 1. The van der Waals surface area contributed by atoms with E-state index in [9.17, 15) is 5.11 Å². The average molecular weight is 415 g/mol. The molecule has 0 bridgehead atoms. The molecule has 3 aromatic rings. The van der Waals surface area contributed by atoms with Crippen LogP contribution in [-0.2, 0) is 4.74 Å². The molecule has 1 aliphatic rings. The molecule has 2 heterocycles. The van der Waals surface area contributed by atoms with Crippen molar-refractivity contribution < 1.29 is 9.84 Å². The monoisotopic (exact) mass is 414 g/mol. The molecule has 5 N–H and O–H groups in total. The zero-order valence-electron chi connectivity index (χ0n) is 16.4. The maximum Gasteiger partial charge on any atom is 0.226 e. The van der Waals surface area contributed by atoms with E-state index in [2.05, 4.69) is 15.6 Å². The van der Waals surface area contributed by atoms with Gasteiger partial charge in [-0.1, -0.05) is 12.1 Å². The van der Waals surface area contributed by atoms with Gasteiger partial charge in [0.1, 0.15) is 16.6 Å². The number of aliphatic hydroxyl groups is 1. The van der Waals surface area contributed by atoms with Crippen LogP contribution in [0.25, 0.3) is 20.8 Å². The van der Waals surface area contributed by atoms with Crippen LogP contribution in [0.4, 0.5) is 17.6 Å². The van der Waals surface area contributed by atoms with Gasteiger partial charge in [0.15, 0.2) is 0 Å². The van der Waals surface area contributed by atoms with E-state index < -0.39 is 0 Å². The highest BCUT2D eigenvalue weighted by atomic mass is 32.1. The van der Waals surface area contributed by atoms with E-state index in [1.165, 1.54) is 0 Å². The summed E-state index contributed by atoms with van der Waals surface area (Å²) in [6, 6.07) is 8.25. The molecule has 29 heavy (non-hydrogen) atoms. The van der Waals surface area contributed by atoms with Gasteiger partial charge < -0.3 is 26.2 Å². The molecular weight excluding hydrogens is 388 g/mol. The summed E-state index contributed by atoms with van der Waals surface area (Å²) in [4.78, 5) is 13.9. The maximum absolute atomic E-state index is 9.47. The number of rotatable bonds is 8. The molecule has 9 heteroatoms. The van der Waals surface area contributed by atoms with Crippen LogP contribution in [0, 0.1) is 5.92 Å². The second kappa shape index (κ2) is 8.89.